The van der Waals surface area contributed by atoms with Gasteiger partial charge in [-0.1, -0.05) is 19.4 Å². The number of anilines is 2. The van der Waals surface area contributed by atoms with Gasteiger partial charge in [0.05, 0.1) is 5.75 Å². The minimum absolute atomic E-state index is 0.0357. The average molecular weight is 298 g/mol. The standard InChI is InChI=1S/C14H22N2O3S/c1-4-5-8-20(18,19)11(3)14(17)16-13-9-12(15)7-6-10(13)2/h6-7,9,11H,4-5,8,15H2,1-3H3,(H,16,17). The highest BCUT2D eigenvalue weighted by Gasteiger charge is 2.27. The number of unbranched alkanes of at least 4 members (excludes halogenated alkanes) is 1. The zero-order valence-corrected chi connectivity index (χ0v) is 13.0. The number of rotatable bonds is 6. The normalized spacial score (nSPS) is 12.9. The Kier molecular flexibility index (Phi) is 5.56. The van der Waals surface area contributed by atoms with Crippen LogP contribution in [0.15, 0.2) is 18.2 Å². The summed E-state index contributed by atoms with van der Waals surface area (Å²) in [6, 6.07) is 5.13. The molecule has 0 saturated heterocycles. The highest BCUT2D eigenvalue weighted by atomic mass is 32.2. The van der Waals surface area contributed by atoms with E-state index < -0.39 is 21.0 Å². The maximum atomic E-state index is 12.1. The first-order chi connectivity index (χ1) is 9.27. The summed E-state index contributed by atoms with van der Waals surface area (Å²) in [6.07, 6.45) is 1.35. The van der Waals surface area contributed by atoms with Crippen molar-refractivity contribution in [2.24, 2.45) is 0 Å². The van der Waals surface area contributed by atoms with Gasteiger partial charge in [-0.25, -0.2) is 8.42 Å². The number of carbonyl (C=O) groups excluding carboxylic acids is 1. The zero-order chi connectivity index (χ0) is 15.3. The van der Waals surface area contributed by atoms with Gasteiger partial charge in [0.2, 0.25) is 5.91 Å². The third-order valence-electron chi connectivity index (χ3n) is 3.21. The van der Waals surface area contributed by atoms with E-state index in [0.29, 0.717) is 17.8 Å². The first kappa shape index (κ1) is 16.5. The number of hydrogen-bond donors (Lipinski definition) is 2. The second kappa shape index (κ2) is 6.74. The molecule has 1 unspecified atom stereocenters. The Morgan fingerprint density at radius 3 is 2.65 bits per heavy atom. The molecule has 0 aromatic heterocycles. The van der Waals surface area contributed by atoms with Crippen molar-refractivity contribution in [1.29, 1.82) is 0 Å². The number of hydrogen-bond acceptors (Lipinski definition) is 4. The van der Waals surface area contributed by atoms with E-state index in [-0.39, 0.29) is 5.75 Å². The van der Waals surface area contributed by atoms with Crippen LogP contribution in [0.4, 0.5) is 11.4 Å². The summed E-state index contributed by atoms with van der Waals surface area (Å²) in [6.45, 7) is 5.16. The molecule has 20 heavy (non-hydrogen) atoms. The van der Waals surface area contributed by atoms with Gasteiger partial charge in [0.1, 0.15) is 5.25 Å². The summed E-state index contributed by atoms with van der Waals surface area (Å²) < 4.78 is 24.0. The van der Waals surface area contributed by atoms with Crippen molar-refractivity contribution in [2.45, 2.75) is 38.9 Å². The molecule has 5 nitrogen and oxygen atoms in total. The number of benzene rings is 1. The van der Waals surface area contributed by atoms with Gasteiger partial charge in [-0.05, 0) is 38.0 Å². The van der Waals surface area contributed by atoms with Gasteiger partial charge in [0.15, 0.2) is 9.84 Å². The van der Waals surface area contributed by atoms with E-state index in [0.717, 1.165) is 12.0 Å². The van der Waals surface area contributed by atoms with E-state index in [2.05, 4.69) is 5.32 Å². The topological polar surface area (TPSA) is 89.3 Å². The summed E-state index contributed by atoms with van der Waals surface area (Å²) in [5.41, 5.74) is 7.57. The third kappa shape index (κ3) is 4.23. The van der Waals surface area contributed by atoms with Crippen LogP contribution in [-0.4, -0.2) is 25.3 Å². The molecule has 6 heteroatoms. The van der Waals surface area contributed by atoms with Crippen LogP contribution in [0.25, 0.3) is 0 Å². The molecule has 0 fully saturated rings. The fraction of sp³-hybridized carbons (Fsp3) is 0.500. The van der Waals surface area contributed by atoms with Crippen molar-refractivity contribution in [3.63, 3.8) is 0 Å². The van der Waals surface area contributed by atoms with E-state index in [1.165, 1.54) is 6.92 Å². The molecule has 1 atom stereocenters. The molecule has 0 heterocycles. The van der Waals surface area contributed by atoms with Gasteiger partial charge in [0.25, 0.3) is 0 Å². The quantitative estimate of drug-likeness (QED) is 0.787. The van der Waals surface area contributed by atoms with Crippen molar-refractivity contribution in [1.82, 2.24) is 0 Å². The Balaban J connectivity index is 2.83. The van der Waals surface area contributed by atoms with Crippen LogP contribution >= 0.6 is 0 Å². The molecule has 1 aromatic rings. The van der Waals surface area contributed by atoms with Gasteiger partial charge < -0.3 is 11.1 Å². The molecular formula is C14H22N2O3S. The first-order valence-corrected chi connectivity index (χ1v) is 8.38. The molecule has 1 amide bonds. The van der Waals surface area contributed by atoms with Crippen LogP contribution in [0.3, 0.4) is 0 Å². The Hall–Kier alpha value is -1.56. The molecule has 1 rings (SSSR count). The largest absolute Gasteiger partial charge is 0.399 e. The summed E-state index contributed by atoms with van der Waals surface area (Å²) >= 11 is 0. The van der Waals surface area contributed by atoms with Crippen LogP contribution in [-0.2, 0) is 14.6 Å². The summed E-state index contributed by atoms with van der Waals surface area (Å²) in [5, 5.41) is 1.57. The number of sulfone groups is 1. The molecule has 0 radical (unpaired) electrons. The molecule has 0 saturated carbocycles. The lowest BCUT2D eigenvalue weighted by atomic mass is 10.2. The maximum absolute atomic E-state index is 12.1. The Morgan fingerprint density at radius 2 is 2.05 bits per heavy atom. The van der Waals surface area contributed by atoms with Crippen LogP contribution in [0, 0.1) is 6.92 Å². The number of amides is 1. The van der Waals surface area contributed by atoms with E-state index >= 15 is 0 Å². The van der Waals surface area contributed by atoms with Crippen LogP contribution < -0.4 is 11.1 Å². The number of nitrogen functional groups attached to an aromatic ring is 1. The van der Waals surface area contributed by atoms with Crippen molar-refractivity contribution in [3.05, 3.63) is 23.8 Å². The molecule has 0 bridgehead atoms. The van der Waals surface area contributed by atoms with Crippen molar-refractivity contribution < 1.29 is 13.2 Å². The second-order valence-electron chi connectivity index (χ2n) is 4.93. The van der Waals surface area contributed by atoms with Crippen LogP contribution in [0.2, 0.25) is 0 Å². The van der Waals surface area contributed by atoms with Gasteiger partial charge >= 0.3 is 0 Å². The highest BCUT2D eigenvalue weighted by molar-refractivity contribution is 7.92. The van der Waals surface area contributed by atoms with Gasteiger partial charge in [-0.3, -0.25) is 4.79 Å². The fourth-order valence-corrected chi connectivity index (χ4v) is 3.12. The zero-order valence-electron chi connectivity index (χ0n) is 12.1. The van der Waals surface area contributed by atoms with Crippen molar-refractivity contribution >= 4 is 27.1 Å². The monoisotopic (exact) mass is 298 g/mol. The molecule has 0 spiro atoms. The molecule has 3 N–H and O–H groups in total. The van der Waals surface area contributed by atoms with Crippen LogP contribution in [0.1, 0.15) is 32.3 Å². The van der Waals surface area contributed by atoms with E-state index in [1.54, 1.807) is 18.2 Å². The van der Waals surface area contributed by atoms with E-state index in [1.807, 2.05) is 13.8 Å². The van der Waals surface area contributed by atoms with Gasteiger partial charge in [-0.2, -0.15) is 0 Å². The minimum Gasteiger partial charge on any atom is -0.399 e. The SMILES string of the molecule is CCCCS(=O)(=O)C(C)C(=O)Nc1cc(N)ccc1C. The third-order valence-corrected chi connectivity index (χ3v) is 5.36. The lowest BCUT2D eigenvalue weighted by Gasteiger charge is -2.14. The first-order valence-electron chi connectivity index (χ1n) is 6.66. The van der Waals surface area contributed by atoms with Crippen molar-refractivity contribution in [2.75, 3.05) is 16.8 Å². The van der Waals surface area contributed by atoms with Crippen molar-refractivity contribution in [3.8, 4) is 0 Å². The van der Waals surface area contributed by atoms with Gasteiger partial charge in [0, 0.05) is 11.4 Å². The lowest BCUT2D eigenvalue weighted by Crippen LogP contribution is -2.34. The predicted molar refractivity (Wildman–Crippen MR) is 82.4 cm³/mol. The molecule has 0 aliphatic heterocycles. The molecular weight excluding hydrogens is 276 g/mol. The second-order valence-corrected chi connectivity index (χ2v) is 7.37. The number of nitrogens with two attached hydrogens (primary N) is 1. The molecule has 0 aliphatic rings. The number of aryl methyl sites for hydroxylation is 1. The average Bonchev–Trinajstić information content (AvgIpc) is 2.39. The summed E-state index contributed by atoms with van der Waals surface area (Å²) in [5.74, 6) is -0.483. The highest BCUT2D eigenvalue weighted by Crippen LogP contribution is 2.19. The van der Waals surface area contributed by atoms with E-state index in [4.69, 9.17) is 5.73 Å². The Bertz CT molecular complexity index is 582. The molecule has 112 valence electrons. The summed E-state index contributed by atoms with van der Waals surface area (Å²) in [4.78, 5) is 12.1. The Morgan fingerprint density at radius 1 is 1.40 bits per heavy atom. The molecule has 0 aliphatic carbocycles. The number of nitrogens with one attached hydrogen (secondary N) is 1. The fourth-order valence-electron chi connectivity index (χ4n) is 1.69. The predicted octanol–water partition coefficient (Wildman–Crippen LogP) is 2.12. The van der Waals surface area contributed by atoms with Gasteiger partial charge in [-0.15, -0.1) is 0 Å². The summed E-state index contributed by atoms with van der Waals surface area (Å²) in [7, 11) is -3.41. The van der Waals surface area contributed by atoms with E-state index in [9.17, 15) is 13.2 Å². The number of carbonyl (C=O) groups is 1. The smallest absolute Gasteiger partial charge is 0.242 e. The minimum atomic E-state index is -3.41. The lowest BCUT2D eigenvalue weighted by molar-refractivity contribution is -0.115. The maximum Gasteiger partial charge on any atom is 0.242 e. The molecule has 1 aromatic carbocycles. The van der Waals surface area contributed by atoms with Crippen LogP contribution in [0.5, 0.6) is 0 Å². The Labute approximate surface area is 120 Å².